The molecule has 2 nitrogen and oxygen atoms in total. The van der Waals surface area contributed by atoms with Crippen molar-refractivity contribution in [3.05, 3.63) is 35.9 Å². The zero-order valence-electron chi connectivity index (χ0n) is 6.32. The summed E-state index contributed by atoms with van der Waals surface area (Å²) in [5.74, 6) is 0. The Morgan fingerprint density at radius 2 is 1.91 bits per heavy atom. The van der Waals surface area contributed by atoms with Crippen LogP contribution in [0.5, 0.6) is 0 Å². The van der Waals surface area contributed by atoms with Crippen LogP contribution in [0, 0.1) is 0 Å². The van der Waals surface area contributed by atoms with Crippen molar-refractivity contribution in [1.29, 1.82) is 0 Å². The van der Waals surface area contributed by atoms with Crippen LogP contribution in [0.25, 0.3) is 0 Å². The fourth-order valence-corrected chi connectivity index (χ4v) is 1.36. The smallest absolute Gasteiger partial charge is 0.196 e. The number of rotatable bonds is 2. The van der Waals surface area contributed by atoms with Crippen molar-refractivity contribution in [1.82, 2.24) is 0 Å². The molecule has 0 aromatic heterocycles. The maximum Gasteiger partial charge on any atom is 0.196 e. The normalized spacial score (nSPS) is 15.8. The summed E-state index contributed by atoms with van der Waals surface area (Å²) in [7, 11) is -2.41. The van der Waals surface area contributed by atoms with Crippen LogP contribution in [0.3, 0.4) is 0 Å². The van der Waals surface area contributed by atoms with Crippen LogP contribution < -0.4 is 0 Å². The molecular formula is C8H11O2P. The standard InChI is InChI=1S/C8H11O2P/c1-7(11(9)10)8-5-3-2-4-6-8/h2-7,11H,1H3,(H,9,10). The Hall–Kier alpha value is -0.590. The third-order valence-electron chi connectivity index (χ3n) is 1.67. The van der Waals surface area contributed by atoms with E-state index in [1.807, 2.05) is 30.3 Å². The van der Waals surface area contributed by atoms with Crippen LogP contribution in [0.4, 0.5) is 0 Å². The predicted molar refractivity (Wildman–Crippen MR) is 46.1 cm³/mol. The molecule has 1 aromatic rings. The number of hydrogen-bond donors (Lipinski definition) is 1. The van der Waals surface area contributed by atoms with Gasteiger partial charge in [-0.15, -0.1) is 0 Å². The molecule has 0 spiro atoms. The summed E-state index contributed by atoms with van der Waals surface area (Å²) in [6.45, 7) is 1.76. The molecule has 1 rings (SSSR count). The van der Waals surface area contributed by atoms with E-state index < -0.39 is 8.03 Å². The topological polar surface area (TPSA) is 37.3 Å². The molecule has 0 aliphatic carbocycles. The lowest BCUT2D eigenvalue weighted by Gasteiger charge is -2.05. The van der Waals surface area contributed by atoms with Gasteiger partial charge in [-0.05, 0) is 12.5 Å². The van der Waals surface area contributed by atoms with E-state index in [-0.39, 0.29) is 5.66 Å². The molecule has 0 aliphatic heterocycles. The lowest BCUT2D eigenvalue weighted by molar-refractivity contribution is 0.493. The highest BCUT2D eigenvalue weighted by Gasteiger charge is 2.08. The van der Waals surface area contributed by atoms with Gasteiger partial charge in [-0.1, -0.05) is 30.3 Å². The van der Waals surface area contributed by atoms with Crippen molar-refractivity contribution >= 4 is 8.03 Å². The highest BCUT2D eigenvalue weighted by atomic mass is 31.1. The average molecular weight is 170 g/mol. The molecule has 0 bridgehead atoms. The molecule has 0 fully saturated rings. The van der Waals surface area contributed by atoms with Gasteiger partial charge < -0.3 is 4.89 Å². The molecule has 0 saturated carbocycles. The first-order valence-electron chi connectivity index (χ1n) is 3.49. The second-order valence-electron chi connectivity index (χ2n) is 2.47. The lowest BCUT2D eigenvalue weighted by atomic mass is 10.2. The zero-order valence-corrected chi connectivity index (χ0v) is 7.32. The zero-order chi connectivity index (χ0) is 8.27. The number of hydrogen-bond acceptors (Lipinski definition) is 1. The first-order valence-corrected chi connectivity index (χ1v) is 4.93. The Labute approximate surface area is 66.7 Å². The molecule has 60 valence electrons. The van der Waals surface area contributed by atoms with E-state index in [1.165, 1.54) is 0 Å². The summed E-state index contributed by atoms with van der Waals surface area (Å²) in [4.78, 5) is 8.82. The summed E-state index contributed by atoms with van der Waals surface area (Å²) in [6, 6.07) is 9.37. The van der Waals surface area contributed by atoms with Gasteiger partial charge in [0.1, 0.15) is 0 Å². The lowest BCUT2D eigenvalue weighted by Crippen LogP contribution is -1.85. The second-order valence-corrected chi connectivity index (χ2v) is 4.01. The quantitative estimate of drug-likeness (QED) is 0.691. The number of benzene rings is 1. The first-order chi connectivity index (χ1) is 5.22. The van der Waals surface area contributed by atoms with Crippen molar-refractivity contribution in [3.8, 4) is 0 Å². The van der Waals surface area contributed by atoms with Gasteiger partial charge in [0.05, 0.1) is 5.66 Å². The summed E-state index contributed by atoms with van der Waals surface area (Å²) < 4.78 is 10.7. The van der Waals surface area contributed by atoms with Crippen molar-refractivity contribution in [2.24, 2.45) is 0 Å². The van der Waals surface area contributed by atoms with E-state index in [0.29, 0.717) is 0 Å². The summed E-state index contributed by atoms with van der Waals surface area (Å²) >= 11 is 0. The maximum atomic E-state index is 10.7. The third kappa shape index (κ3) is 2.18. The molecule has 0 amide bonds. The maximum absolute atomic E-state index is 10.7. The molecular weight excluding hydrogens is 159 g/mol. The Bertz CT molecular complexity index is 246. The highest BCUT2D eigenvalue weighted by Crippen LogP contribution is 2.36. The predicted octanol–water partition coefficient (Wildman–Crippen LogP) is 2.21. The molecule has 0 radical (unpaired) electrons. The molecule has 0 aliphatic rings. The summed E-state index contributed by atoms with van der Waals surface area (Å²) in [6.07, 6.45) is 0. The Kier molecular flexibility index (Phi) is 2.86. The molecule has 0 heterocycles. The summed E-state index contributed by atoms with van der Waals surface area (Å²) in [5.41, 5.74) is 0.708. The van der Waals surface area contributed by atoms with E-state index in [4.69, 9.17) is 4.89 Å². The Morgan fingerprint density at radius 1 is 1.36 bits per heavy atom. The summed E-state index contributed by atoms with van der Waals surface area (Å²) in [5, 5.41) is 0. The van der Waals surface area contributed by atoms with Crippen LogP contribution >= 0.6 is 8.03 Å². The van der Waals surface area contributed by atoms with Gasteiger partial charge in [0.25, 0.3) is 0 Å². The Balaban J connectivity index is 2.85. The van der Waals surface area contributed by atoms with Crippen LogP contribution in [0.1, 0.15) is 18.1 Å². The molecule has 1 N–H and O–H groups in total. The SMILES string of the molecule is CC(c1ccccc1)[PH](=O)O. The van der Waals surface area contributed by atoms with E-state index in [9.17, 15) is 4.57 Å². The minimum atomic E-state index is -2.41. The Morgan fingerprint density at radius 3 is 2.36 bits per heavy atom. The van der Waals surface area contributed by atoms with Crippen LogP contribution in [-0.4, -0.2) is 4.89 Å². The molecule has 2 atom stereocenters. The van der Waals surface area contributed by atoms with E-state index >= 15 is 0 Å². The van der Waals surface area contributed by atoms with Crippen LogP contribution in [0.15, 0.2) is 30.3 Å². The van der Waals surface area contributed by atoms with E-state index in [2.05, 4.69) is 0 Å². The largest absolute Gasteiger partial charge is 0.346 e. The molecule has 2 unspecified atom stereocenters. The molecule has 0 saturated heterocycles. The first kappa shape index (κ1) is 8.51. The fraction of sp³-hybridized carbons (Fsp3) is 0.250. The van der Waals surface area contributed by atoms with Crippen LogP contribution in [0.2, 0.25) is 0 Å². The molecule has 3 heteroatoms. The van der Waals surface area contributed by atoms with Crippen LogP contribution in [-0.2, 0) is 4.57 Å². The van der Waals surface area contributed by atoms with E-state index in [1.54, 1.807) is 6.92 Å². The van der Waals surface area contributed by atoms with Gasteiger partial charge in [-0.25, -0.2) is 0 Å². The molecule has 11 heavy (non-hydrogen) atoms. The second kappa shape index (κ2) is 3.70. The van der Waals surface area contributed by atoms with Crippen molar-refractivity contribution in [2.75, 3.05) is 0 Å². The fourth-order valence-electron chi connectivity index (χ4n) is 0.884. The van der Waals surface area contributed by atoms with Crippen molar-refractivity contribution in [2.45, 2.75) is 12.6 Å². The molecule has 1 aromatic carbocycles. The minimum Gasteiger partial charge on any atom is -0.346 e. The third-order valence-corrected chi connectivity index (χ3v) is 2.74. The van der Waals surface area contributed by atoms with Crippen molar-refractivity contribution < 1.29 is 9.46 Å². The van der Waals surface area contributed by atoms with Gasteiger partial charge in [0.15, 0.2) is 8.03 Å². The average Bonchev–Trinajstić information content (AvgIpc) is 2.05. The van der Waals surface area contributed by atoms with Gasteiger partial charge in [0.2, 0.25) is 0 Å². The van der Waals surface area contributed by atoms with Gasteiger partial charge in [-0.2, -0.15) is 0 Å². The minimum absolute atomic E-state index is 0.221. The van der Waals surface area contributed by atoms with Gasteiger partial charge in [-0.3, -0.25) is 4.57 Å². The highest BCUT2D eigenvalue weighted by molar-refractivity contribution is 7.38. The van der Waals surface area contributed by atoms with Gasteiger partial charge >= 0.3 is 0 Å². The van der Waals surface area contributed by atoms with Gasteiger partial charge in [0, 0.05) is 0 Å². The van der Waals surface area contributed by atoms with Crippen molar-refractivity contribution in [3.63, 3.8) is 0 Å². The monoisotopic (exact) mass is 170 g/mol. The van der Waals surface area contributed by atoms with E-state index in [0.717, 1.165) is 5.56 Å².